The molecule has 4 rings (SSSR count). The number of ether oxygens (including phenoxy) is 2. The van der Waals surface area contributed by atoms with E-state index >= 15 is 0 Å². The molecule has 0 saturated carbocycles. The summed E-state index contributed by atoms with van der Waals surface area (Å²) in [5.74, 6) is 2.88. The number of benzene rings is 3. The molecule has 0 radical (unpaired) electrons. The second kappa shape index (κ2) is 12.0. The predicted octanol–water partition coefficient (Wildman–Crippen LogP) is 8.78. The molecule has 0 atom stereocenters. The molecule has 0 aliphatic heterocycles. The van der Waals surface area contributed by atoms with Gasteiger partial charge in [0.15, 0.2) is 0 Å². The molecule has 0 bridgehead atoms. The Kier molecular flexibility index (Phi) is 8.29. The molecule has 4 heteroatoms. The lowest BCUT2D eigenvalue weighted by Gasteiger charge is -2.06. The SMILES string of the molecule is CCCOc1ccc(-c2cc(/C=C/c3ccc(F)cc3)[o+]c(-c3ccc(OCCC)cc3)c2)cc1. The van der Waals surface area contributed by atoms with Gasteiger partial charge in [-0.2, -0.15) is 0 Å². The van der Waals surface area contributed by atoms with Gasteiger partial charge in [0.2, 0.25) is 0 Å². The monoisotopic (exact) mass is 469 g/mol. The van der Waals surface area contributed by atoms with Crippen molar-refractivity contribution >= 4 is 12.2 Å². The number of hydrogen-bond donors (Lipinski definition) is 0. The van der Waals surface area contributed by atoms with Gasteiger partial charge in [0.1, 0.15) is 17.3 Å². The quantitative estimate of drug-likeness (QED) is 0.217. The van der Waals surface area contributed by atoms with Crippen LogP contribution in [0.5, 0.6) is 11.5 Å². The summed E-state index contributed by atoms with van der Waals surface area (Å²) in [4.78, 5) is 0. The first-order valence-electron chi connectivity index (χ1n) is 12.0. The summed E-state index contributed by atoms with van der Waals surface area (Å²) >= 11 is 0. The topological polar surface area (TPSA) is 29.8 Å². The van der Waals surface area contributed by atoms with Crippen LogP contribution in [-0.4, -0.2) is 13.2 Å². The van der Waals surface area contributed by atoms with Gasteiger partial charge >= 0.3 is 11.5 Å². The molecule has 0 saturated heterocycles. The number of hydrogen-bond acceptors (Lipinski definition) is 2. The average molecular weight is 470 g/mol. The van der Waals surface area contributed by atoms with E-state index in [-0.39, 0.29) is 5.82 Å². The molecule has 0 N–H and O–H groups in total. The fraction of sp³-hybridized carbons (Fsp3) is 0.194. The molecule has 0 amide bonds. The van der Waals surface area contributed by atoms with Gasteiger partial charge in [0.25, 0.3) is 0 Å². The molecule has 0 aliphatic rings. The van der Waals surface area contributed by atoms with Gasteiger partial charge < -0.3 is 9.47 Å². The zero-order valence-corrected chi connectivity index (χ0v) is 20.2. The Morgan fingerprint density at radius 2 is 1.23 bits per heavy atom. The van der Waals surface area contributed by atoms with Crippen molar-refractivity contribution in [2.75, 3.05) is 13.2 Å². The molecule has 0 fully saturated rings. The highest BCUT2D eigenvalue weighted by molar-refractivity contribution is 5.75. The van der Waals surface area contributed by atoms with Crippen LogP contribution in [0.4, 0.5) is 4.39 Å². The van der Waals surface area contributed by atoms with Crippen LogP contribution in [0.3, 0.4) is 0 Å². The lowest BCUT2D eigenvalue weighted by Crippen LogP contribution is -1.94. The van der Waals surface area contributed by atoms with E-state index in [1.54, 1.807) is 12.1 Å². The van der Waals surface area contributed by atoms with Gasteiger partial charge in [-0.25, -0.2) is 8.81 Å². The van der Waals surface area contributed by atoms with Crippen molar-refractivity contribution in [3.8, 4) is 33.9 Å². The summed E-state index contributed by atoms with van der Waals surface area (Å²) in [6.45, 7) is 5.56. The first-order chi connectivity index (χ1) is 17.1. The van der Waals surface area contributed by atoms with Crippen LogP contribution in [-0.2, 0) is 0 Å². The van der Waals surface area contributed by atoms with Crippen LogP contribution in [0.25, 0.3) is 34.6 Å². The van der Waals surface area contributed by atoms with Crippen molar-refractivity contribution < 1.29 is 18.3 Å². The Morgan fingerprint density at radius 1 is 0.657 bits per heavy atom. The fourth-order valence-electron chi connectivity index (χ4n) is 3.56. The molecule has 1 aromatic heterocycles. The Balaban J connectivity index is 1.68. The van der Waals surface area contributed by atoms with E-state index in [9.17, 15) is 4.39 Å². The van der Waals surface area contributed by atoms with E-state index in [4.69, 9.17) is 13.9 Å². The molecule has 35 heavy (non-hydrogen) atoms. The van der Waals surface area contributed by atoms with Crippen LogP contribution in [0.15, 0.2) is 89.3 Å². The molecule has 0 aliphatic carbocycles. The third kappa shape index (κ3) is 6.80. The first-order valence-corrected chi connectivity index (χ1v) is 12.0. The van der Waals surface area contributed by atoms with Gasteiger partial charge in [-0.05, 0) is 78.6 Å². The van der Waals surface area contributed by atoms with Crippen LogP contribution in [0.1, 0.15) is 38.0 Å². The highest BCUT2D eigenvalue weighted by Gasteiger charge is 2.18. The largest absolute Gasteiger partial charge is 0.494 e. The molecule has 0 unspecified atom stereocenters. The highest BCUT2D eigenvalue weighted by atomic mass is 19.1. The molecule has 4 aromatic rings. The zero-order valence-electron chi connectivity index (χ0n) is 20.2. The van der Waals surface area contributed by atoms with Crippen LogP contribution in [0, 0.1) is 5.82 Å². The van der Waals surface area contributed by atoms with E-state index in [0.717, 1.165) is 52.4 Å². The summed E-state index contributed by atoms with van der Waals surface area (Å²) in [6, 6.07) is 26.4. The van der Waals surface area contributed by atoms with Crippen molar-refractivity contribution in [1.29, 1.82) is 0 Å². The molecular weight excluding hydrogens is 439 g/mol. The van der Waals surface area contributed by atoms with Gasteiger partial charge in [-0.3, -0.25) is 0 Å². The third-order valence-corrected chi connectivity index (χ3v) is 5.39. The van der Waals surface area contributed by atoms with Crippen molar-refractivity contribution in [2.24, 2.45) is 0 Å². The average Bonchev–Trinajstić information content (AvgIpc) is 2.91. The predicted molar refractivity (Wildman–Crippen MR) is 141 cm³/mol. The summed E-state index contributed by atoms with van der Waals surface area (Å²) in [5.41, 5.74) is 3.93. The smallest absolute Gasteiger partial charge is 0.361 e. The van der Waals surface area contributed by atoms with Crippen LogP contribution < -0.4 is 9.47 Å². The normalized spacial score (nSPS) is 11.1. The van der Waals surface area contributed by atoms with Crippen LogP contribution in [0.2, 0.25) is 0 Å². The van der Waals surface area contributed by atoms with E-state index in [0.29, 0.717) is 19.0 Å². The number of rotatable bonds is 10. The Morgan fingerprint density at radius 3 is 1.80 bits per heavy atom. The van der Waals surface area contributed by atoms with Crippen molar-refractivity contribution in [2.45, 2.75) is 26.7 Å². The Labute approximate surface area is 206 Å². The Bertz CT molecular complexity index is 1170. The minimum Gasteiger partial charge on any atom is -0.494 e. The van der Waals surface area contributed by atoms with Crippen molar-refractivity contribution in [3.63, 3.8) is 0 Å². The summed E-state index contributed by atoms with van der Waals surface area (Å²) < 4.78 is 31.0. The standard InChI is InChI=1S/C31H30FO3/c1-3-19-33-28-15-8-24(9-16-28)26-21-30(14-7-23-5-12-27(32)13-6-23)35-31(22-26)25-10-17-29(18-11-25)34-20-4-2/h5-18,21-22H,3-4,19-20H2,1-2H3/q+1/b14-7+. The van der Waals surface area contributed by atoms with Crippen molar-refractivity contribution in [1.82, 2.24) is 0 Å². The lowest BCUT2D eigenvalue weighted by atomic mass is 10.0. The molecule has 0 spiro atoms. The maximum atomic E-state index is 13.3. The van der Waals surface area contributed by atoms with Gasteiger partial charge in [-0.1, -0.05) is 38.1 Å². The molecule has 3 nitrogen and oxygen atoms in total. The minimum absolute atomic E-state index is 0.256. The number of halogens is 1. The summed E-state index contributed by atoms with van der Waals surface area (Å²) in [6.07, 6.45) is 5.75. The summed E-state index contributed by atoms with van der Waals surface area (Å²) in [7, 11) is 0. The maximum Gasteiger partial charge on any atom is 0.361 e. The lowest BCUT2D eigenvalue weighted by molar-refractivity contribution is 0.317. The van der Waals surface area contributed by atoms with Crippen molar-refractivity contribution in [3.05, 3.63) is 102 Å². The minimum atomic E-state index is -0.256. The summed E-state index contributed by atoms with van der Waals surface area (Å²) in [5, 5.41) is 0. The molecular formula is C31H30FO3+. The van der Waals surface area contributed by atoms with E-state index in [1.165, 1.54) is 12.1 Å². The Hall–Kier alpha value is -3.92. The van der Waals surface area contributed by atoms with E-state index in [2.05, 4.69) is 26.0 Å². The third-order valence-electron chi connectivity index (χ3n) is 5.39. The van der Waals surface area contributed by atoms with E-state index < -0.39 is 0 Å². The zero-order chi connectivity index (χ0) is 24.5. The van der Waals surface area contributed by atoms with E-state index in [1.807, 2.05) is 60.7 Å². The second-order valence-corrected chi connectivity index (χ2v) is 8.24. The van der Waals surface area contributed by atoms with Gasteiger partial charge in [0.05, 0.1) is 30.9 Å². The molecule has 178 valence electrons. The molecule has 3 aromatic carbocycles. The van der Waals surface area contributed by atoms with Gasteiger partial charge in [0, 0.05) is 11.6 Å². The first kappa shape index (κ1) is 24.2. The van der Waals surface area contributed by atoms with Gasteiger partial charge in [-0.15, -0.1) is 0 Å². The highest BCUT2D eigenvalue weighted by Crippen LogP contribution is 2.31. The fourth-order valence-corrected chi connectivity index (χ4v) is 3.56. The molecule has 1 heterocycles. The van der Waals surface area contributed by atoms with Crippen LogP contribution >= 0.6 is 0 Å². The second-order valence-electron chi connectivity index (χ2n) is 8.24. The maximum absolute atomic E-state index is 13.3.